The lowest BCUT2D eigenvalue weighted by Gasteiger charge is -2.08. The van der Waals surface area contributed by atoms with Gasteiger partial charge in [-0.05, 0) is 24.6 Å². The van der Waals surface area contributed by atoms with Crippen LogP contribution < -0.4 is 10.6 Å². The standard InChI is InChI=1S/C9H20N2OS/c1-8(2)7-12-6-4-5-11-9(13)10-3/h8H,4-7H2,1-3H3,(H2,10,11,13). The van der Waals surface area contributed by atoms with Gasteiger partial charge in [-0.25, -0.2) is 0 Å². The van der Waals surface area contributed by atoms with Crippen molar-refractivity contribution in [2.45, 2.75) is 20.3 Å². The molecule has 0 saturated carbocycles. The predicted octanol–water partition coefficient (Wildman–Crippen LogP) is 1.14. The molecule has 3 nitrogen and oxygen atoms in total. The van der Waals surface area contributed by atoms with Crippen LogP contribution in [0.1, 0.15) is 20.3 Å². The monoisotopic (exact) mass is 204 g/mol. The van der Waals surface area contributed by atoms with Crippen molar-refractivity contribution < 1.29 is 4.74 Å². The average molecular weight is 204 g/mol. The predicted molar refractivity (Wildman–Crippen MR) is 59.9 cm³/mol. The van der Waals surface area contributed by atoms with E-state index in [9.17, 15) is 0 Å². The molecule has 0 amide bonds. The first-order valence-corrected chi connectivity index (χ1v) is 5.11. The minimum atomic E-state index is 0.617. The Morgan fingerprint density at radius 2 is 2.15 bits per heavy atom. The first-order chi connectivity index (χ1) is 6.16. The fourth-order valence-corrected chi connectivity index (χ4v) is 0.886. The van der Waals surface area contributed by atoms with E-state index in [1.165, 1.54) is 0 Å². The number of hydrogen-bond donors (Lipinski definition) is 2. The van der Waals surface area contributed by atoms with E-state index in [0.29, 0.717) is 11.0 Å². The molecule has 0 bridgehead atoms. The van der Waals surface area contributed by atoms with Gasteiger partial charge >= 0.3 is 0 Å². The normalized spacial score (nSPS) is 10.2. The van der Waals surface area contributed by atoms with Gasteiger partial charge in [0.1, 0.15) is 0 Å². The van der Waals surface area contributed by atoms with Crippen LogP contribution in [0.3, 0.4) is 0 Å². The molecule has 0 aromatic rings. The molecular formula is C9H20N2OS. The lowest BCUT2D eigenvalue weighted by atomic mass is 10.2. The minimum Gasteiger partial charge on any atom is -0.381 e. The van der Waals surface area contributed by atoms with E-state index in [1.54, 1.807) is 0 Å². The van der Waals surface area contributed by atoms with Gasteiger partial charge in [-0.3, -0.25) is 0 Å². The van der Waals surface area contributed by atoms with Gasteiger partial charge in [0, 0.05) is 26.8 Å². The summed E-state index contributed by atoms with van der Waals surface area (Å²) in [5, 5.41) is 6.61. The van der Waals surface area contributed by atoms with Gasteiger partial charge in [-0.15, -0.1) is 0 Å². The van der Waals surface area contributed by atoms with Crippen LogP contribution in [-0.4, -0.2) is 31.9 Å². The van der Waals surface area contributed by atoms with E-state index in [1.807, 2.05) is 7.05 Å². The maximum Gasteiger partial charge on any atom is 0.166 e. The lowest BCUT2D eigenvalue weighted by Crippen LogP contribution is -2.33. The van der Waals surface area contributed by atoms with Crippen LogP contribution in [0.15, 0.2) is 0 Å². The maximum atomic E-state index is 5.41. The molecule has 0 spiro atoms. The lowest BCUT2D eigenvalue weighted by molar-refractivity contribution is 0.108. The molecule has 0 aliphatic rings. The van der Waals surface area contributed by atoms with E-state index in [-0.39, 0.29) is 0 Å². The number of hydrogen-bond acceptors (Lipinski definition) is 2. The number of thiocarbonyl (C=S) groups is 1. The molecule has 0 unspecified atom stereocenters. The minimum absolute atomic E-state index is 0.617. The van der Waals surface area contributed by atoms with Crippen LogP contribution in [-0.2, 0) is 4.74 Å². The van der Waals surface area contributed by atoms with Crippen LogP contribution in [0.5, 0.6) is 0 Å². The molecule has 0 rings (SSSR count). The van der Waals surface area contributed by atoms with Gasteiger partial charge in [0.15, 0.2) is 5.11 Å². The molecule has 0 saturated heterocycles. The summed E-state index contributed by atoms with van der Waals surface area (Å²) >= 11 is 4.91. The largest absolute Gasteiger partial charge is 0.381 e. The van der Waals surface area contributed by atoms with Crippen molar-refractivity contribution in [3.63, 3.8) is 0 Å². The van der Waals surface area contributed by atoms with Crippen LogP contribution >= 0.6 is 12.2 Å². The summed E-state index contributed by atoms with van der Waals surface area (Å²) < 4.78 is 5.41. The molecule has 0 fully saturated rings. The van der Waals surface area contributed by atoms with Crippen LogP contribution in [0, 0.1) is 5.92 Å². The summed E-state index contributed by atoms with van der Waals surface area (Å²) in [7, 11) is 1.81. The SMILES string of the molecule is CNC(=S)NCCCOCC(C)C. The molecule has 0 heterocycles. The molecule has 78 valence electrons. The van der Waals surface area contributed by atoms with Crippen molar-refractivity contribution in [3.05, 3.63) is 0 Å². The molecular weight excluding hydrogens is 184 g/mol. The van der Waals surface area contributed by atoms with Gasteiger partial charge in [-0.2, -0.15) is 0 Å². The molecule has 0 aliphatic heterocycles. The van der Waals surface area contributed by atoms with Gasteiger partial charge in [-0.1, -0.05) is 13.8 Å². The van der Waals surface area contributed by atoms with Gasteiger partial charge < -0.3 is 15.4 Å². The first-order valence-electron chi connectivity index (χ1n) is 4.70. The fourth-order valence-electron chi connectivity index (χ4n) is 0.784. The topological polar surface area (TPSA) is 33.3 Å². The van der Waals surface area contributed by atoms with E-state index in [2.05, 4.69) is 24.5 Å². The third-order valence-electron chi connectivity index (χ3n) is 1.43. The van der Waals surface area contributed by atoms with E-state index in [0.717, 1.165) is 26.2 Å². The van der Waals surface area contributed by atoms with E-state index in [4.69, 9.17) is 17.0 Å². The third-order valence-corrected chi connectivity index (χ3v) is 1.78. The van der Waals surface area contributed by atoms with Crippen molar-refractivity contribution in [2.24, 2.45) is 5.92 Å². The molecule has 0 aromatic carbocycles. The van der Waals surface area contributed by atoms with E-state index < -0.39 is 0 Å². The molecule has 0 aromatic heterocycles. The Morgan fingerprint density at radius 1 is 1.46 bits per heavy atom. The zero-order valence-corrected chi connectivity index (χ0v) is 9.54. The number of rotatable bonds is 6. The number of nitrogens with one attached hydrogen (secondary N) is 2. The Morgan fingerprint density at radius 3 is 2.69 bits per heavy atom. The highest BCUT2D eigenvalue weighted by Gasteiger charge is 1.94. The van der Waals surface area contributed by atoms with Crippen LogP contribution in [0.4, 0.5) is 0 Å². The Bertz CT molecular complexity index is 140. The summed E-state index contributed by atoms with van der Waals surface area (Å²) in [6.07, 6.45) is 0.995. The molecule has 13 heavy (non-hydrogen) atoms. The second-order valence-electron chi connectivity index (χ2n) is 3.33. The van der Waals surface area contributed by atoms with Crippen molar-refractivity contribution in [1.29, 1.82) is 0 Å². The second kappa shape index (κ2) is 8.26. The van der Waals surface area contributed by atoms with Crippen LogP contribution in [0.25, 0.3) is 0 Å². The Labute approximate surface area is 86.2 Å². The second-order valence-corrected chi connectivity index (χ2v) is 3.74. The van der Waals surface area contributed by atoms with Crippen molar-refractivity contribution in [2.75, 3.05) is 26.8 Å². The number of ether oxygens (including phenoxy) is 1. The average Bonchev–Trinajstić information content (AvgIpc) is 2.10. The summed E-state index contributed by atoms with van der Waals surface area (Å²) in [6, 6.07) is 0. The molecule has 0 atom stereocenters. The molecule has 4 heteroatoms. The summed E-state index contributed by atoms with van der Waals surface area (Å²) in [5.74, 6) is 0.617. The van der Waals surface area contributed by atoms with Gasteiger partial charge in [0.25, 0.3) is 0 Å². The Balaban J connectivity index is 3.04. The summed E-state index contributed by atoms with van der Waals surface area (Å²) in [4.78, 5) is 0. The highest BCUT2D eigenvalue weighted by molar-refractivity contribution is 7.80. The molecule has 0 radical (unpaired) electrons. The van der Waals surface area contributed by atoms with Crippen molar-refractivity contribution >= 4 is 17.3 Å². The molecule has 2 N–H and O–H groups in total. The third kappa shape index (κ3) is 9.56. The highest BCUT2D eigenvalue weighted by atomic mass is 32.1. The summed E-state index contributed by atoms with van der Waals surface area (Å²) in [5.41, 5.74) is 0. The summed E-state index contributed by atoms with van der Waals surface area (Å²) in [6.45, 7) is 6.81. The quantitative estimate of drug-likeness (QED) is 0.502. The Kier molecular flexibility index (Phi) is 8.04. The van der Waals surface area contributed by atoms with E-state index >= 15 is 0 Å². The Hall–Kier alpha value is -0.350. The smallest absolute Gasteiger partial charge is 0.166 e. The van der Waals surface area contributed by atoms with Crippen molar-refractivity contribution in [3.8, 4) is 0 Å². The highest BCUT2D eigenvalue weighted by Crippen LogP contribution is 1.92. The first kappa shape index (κ1) is 12.7. The maximum absolute atomic E-state index is 5.41. The van der Waals surface area contributed by atoms with Gasteiger partial charge in [0.2, 0.25) is 0 Å². The zero-order chi connectivity index (χ0) is 10.1. The van der Waals surface area contributed by atoms with Gasteiger partial charge in [0.05, 0.1) is 0 Å². The zero-order valence-electron chi connectivity index (χ0n) is 8.72. The van der Waals surface area contributed by atoms with Crippen molar-refractivity contribution in [1.82, 2.24) is 10.6 Å². The molecule has 0 aliphatic carbocycles. The van der Waals surface area contributed by atoms with Crippen LogP contribution in [0.2, 0.25) is 0 Å². The fraction of sp³-hybridized carbons (Fsp3) is 0.889.